The van der Waals surface area contributed by atoms with Gasteiger partial charge in [0.1, 0.15) is 5.75 Å². The van der Waals surface area contributed by atoms with Gasteiger partial charge in [-0.2, -0.15) is 5.10 Å². The highest BCUT2D eigenvalue weighted by atomic mass is 16.6. The van der Waals surface area contributed by atoms with Crippen LogP contribution in [0, 0.1) is 10.1 Å². The van der Waals surface area contributed by atoms with Crippen molar-refractivity contribution in [2.75, 3.05) is 13.2 Å². The molecule has 0 bridgehead atoms. The van der Waals surface area contributed by atoms with Crippen LogP contribution in [0.25, 0.3) is 11.3 Å². The van der Waals surface area contributed by atoms with Gasteiger partial charge in [-0.25, -0.2) is 0 Å². The smallest absolute Gasteiger partial charge is 0.269 e. The van der Waals surface area contributed by atoms with Gasteiger partial charge in [0.25, 0.3) is 5.69 Å². The van der Waals surface area contributed by atoms with E-state index in [1.165, 1.54) is 12.1 Å². The summed E-state index contributed by atoms with van der Waals surface area (Å²) in [6, 6.07) is 16.2. The topological polar surface area (TPSA) is 82.2 Å². The second-order valence-electron chi connectivity index (χ2n) is 6.17. The number of nitro benzene ring substituents is 1. The van der Waals surface area contributed by atoms with E-state index in [1.807, 2.05) is 43.6 Å². The lowest BCUT2D eigenvalue weighted by Crippen LogP contribution is -2.17. The van der Waals surface area contributed by atoms with Gasteiger partial charge in [0.2, 0.25) is 0 Å². The zero-order valence-corrected chi connectivity index (χ0v) is 15.2. The Labute approximate surface area is 157 Å². The van der Waals surface area contributed by atoms with Crippen molar-refractivity contribution >= 4 is 5.69 Å². The minimum absolute atomic E-state index is 0.0766. The van der Waals surface area contributed by atoms with E-state index in [4.69, 9.17) is 4.74 Å². The lowest BCUT2D eigenvalue weighted by Gasteiger charge is -2.07. The van der Waals surface area contributed by atoms with Crippen molar-refractivity contribution in [3.8, 4) is 17.0 Å². The highest BCUT2D eigenvalue weighted by molar-refractivity contribution is 5.64. The quantitative estimate of drug-likeness (QED) is 0.356. The Morgan fingerprint density at radius 2 is 1.89 bits per heavy atom. The van der Waals surface area contributed by atoms with Crippen molar-refractivity contribution < 1.29 is 9.66 Å². The number of aryl methyl sites for hydroxylation is 1. The summed E-state index contributed by atoms with van der Waals surface area (Å²) in [5.74, 6) is 0.880. The molecule has 1 N–H and O–H groups in total. The Hall–Kier alpha value is -3.19. The van der Waals surface area contributed by atoms with Crippen LogP contribution in [0.4, 0.5) is 5.69 Å². The molecule has 27 heavy (non-hydrogen) atoms. The molecule has 0 radical (unpaired) electrons. The first-order chi connectivity index (χ1) is 13.1. The predicted molar refractivity (Wildman–Crippen MR) is 104 cm³/mol. The first kappa shape index (κ1) is 18.6. The largest absolute Gasteiger partial charge is 0.494 e. The van der Waals surface area contributed by atoms with Gasteiger partial charge in [-0.05, 0) is 37.2 Å². The van der Waals surface area contributed by atoms with Crippen molar-refractivity contribution in [2.45, 2.75) is 13.0 Å². The number of aromatic nitrogens is 2. The number of hydrogen-bond acceptors (Lipinski definition) is 5. The van der Waals surface area contributed by atoms with Crippen LogP contribution in [0.5, 0.6) is 5.75 Å². The third-order valence-corrected chi connectivity index (χ3v) is 4.08. The summed E-state index contributed by atoms with van der Waals surface area (Å²) in [6.45, 7) is 2.15. The number of rotatable bonds is 9. The van der Waals surface area contributed by atoms with Gasteiger partial charge < -0.3 is 10.1 Å². The van der Waals surface area contributed by atoms with Crippen LogP contribution in [0.15, 0.2) is 60.8 Å². The first-order valence-corrected chi connectivity index (χ1v) is 8.79. The first-order valence-electron chi connectivity index (χ1n) is 8.79. The maximum atomic E-state index is 10.8. The van der Waals surface area contributed by atoms with E-state index >= 15 is 0 Å². The highest BCUT2D eigenvalue weighted by Crippen LogP contribution is 2.24. The average Bonchev–Trinajstić information content (AvgIpc) is 3.06. The van der Waals surface area contributed by atoms with Crippen LogP contribution >= 0.6 is 0 Å². The maximum absolute atomic E-state index is 10.8. The van der Waals surface area contributed by atoms with Crippen molar-refractivity contribution in [2.24, 2.45) is 7.05 Å². The normalized spacial score (nSPS) is 10.7. The number of benzene rings is 2. The average molecular weight is 366 g/mol. The minimum atomic E-state index is -0.401. The molecule has 0 saturated carbocycles. The number of hydrogen-bond donors (Lipinski definition) is 1. The Bertz CT molecular complexity index is 876. The van der Waals surface area contributed by atoms with E-state index in [-0.39, 0.29) is 5.69 Å². The molecule has 3 aromatic rings. The van der Waals surface area contributed by atoms with Crippen LogP contribution in [0.3, 0.4) is 0 Å². The van der Waals surface area contributed by atoms with Gasteiger partial charge >= 0.3 is 0 Å². The molecule has 0 fully saturated rings. The molecule has 0 atom stereocenters. The van der Waals surface area contributed by atoms with E-state index in [9.17, 15) is 10.1 Å². The Balaban J connectivity index is 1.51. The number of para-hydroxylation sites is 1. The number of nitro groups is 1. The summed E-state index contributed by atoms with van der Waals surface area (Å²) >= 11 is 0. The molecule has 0 unspecified atom stereocenters. The number of nitrogens with zero attached hydrogens (tertiary/aromatic N) is 3. The molecule has 3 rings (SSSR count). The third kappa shape index (κ3) is 5.15. The van der Waals surface area contributed by atoms with E-state index in [1.54, 1.807) is 16.8 Å². The fourth-order valence-electron chi connectivity index (χ4n) is 2.78. The van der Waals surface area contributed by atoms with Gasteiger partial charge in [-0.3, -0.25) is 14.8 Å². The summed E-state index contributed by atoms with van der Waals surface area (Å²) in [7, 11) is 1.87. The fraction of sp³-hybridized carbons (Fsp3) is 0.250. The second kappa shape index (κ2) is 8.95. The highest BCUT2D eigenvalue weighted by Gasteiger charge is 2.12. The molecule has 140 valence electrons. The van der Waals surface area contributed by atoms with Gasteiger partial charge in [0.15, 0.2) is 0 Å². The number of ether oxygens (including phenoxy) is 1. The molecule has 0 aliphatic carbocycles. The lowest BCUT2D eigenvalue weighted by atomic mass is 10.1. The minimum Gasteiger partial charge on any atom is -0.494 e. The molecule has 7 heteroatoms. The lowest BCUT2D eigenvalue weighted by molar-refractivity contribution is -0.384. The summed E-state index contributed by atoms with van der Waals surface area (Å²) < 4.78 is 7.43. The van der Waals surface area contributed by atoms with Crippen LogP contribution < -0.4 is 10.1 Å². The molecule has 7 nitrogen and oxygen atoms in total. The molecular weight excluding hydrogens is 344 g/mol. The van der Waals surface area contributed by atoms with E-state index in [0.717, 1.165) is 35.5 Å². The van der Waals surface area contributed by atoms with Gasteiger partial charge in [-0.15, -0.1) is 0 Å². The molecule has 0 amide bonds. The molecule has 1 aromatic heterocycles. The SMILES string of the molecule is Cn1cc(CNCCCOc2ccccc2)c(-c2ccc([N+](=O)[O-])cc2)n1. The van der Waals surface area contributed by atoms with Crippen LogP contribution in [0.1, 0.15) is 12.0 Å². The summed E-state index contributed by atoms with van der Waals surface area (Å²) in [5.41, 5.74) is 2.83. The van der Waals surface area contributed by atoms with Gasteiger partial charge in [-0.1, -0.05) is 18.2 Å². The van der Waals surface area contributed by atoms with Crippen molar-refractivity contribution in [1.82, 2.24) is 15.1 Å². The number of non-ortho nitro benzene ring substituents is 1. The molecule has 1 heterocycles. The monoisotopic (exact) mass is 366 g/mol. The fourth-order valence-corrected chi connectivity index (χ4v) is 2.78. The number of nitrogens with one attached hydrogen (secondary N) is 1. The van der Waals surface area contributed by atoms with Crippen molar-refractivity contribution in [3.05, 3.63) is 76.5 Å². The Morgan fingerprint density at radius 1 is 1.15 bits per heavy atom. The van der Waals surface area contributed by atoms with Crippen molar-refractivity contribution in [3.63, 3.8) is 0 Å². The Kier molecular flexibility index (Phi) is 6.17. The molecule has 0 aliphatic heterocycles. The molecule has 0 saturated heterocycles. The zero-order valence-electron chi connectivity index (χ0n) is 15.2. The van der Waals surface area contributed by atoms with Crippen LogP contribution in [0.2, 0.25) is 0 Å². The van der Waals surface area contributed by atoms with Gasteiger partial charge in [0.05, 0.1) is 17.2 Å². The van der Waals surface area contributed by atoms with Crippen LogP contribution in [-0.2, 0) is 13.6 Å². The van der Waals surface area contributed by atoms with Crippen molar-refractivity contribution in [1.29, 1.82) is 0 Å². The third-order valence-electron chi connectivity index (χ3n) is 4.08. The predicted octanol–water partition coefficient (Wildman–Crippen LogP) is 3.55. The standard InChI is InChI=1S/C20H22N4O3/c1-23-15-17(14-21-12-5-13-27-19-6-3-2-4-7-19)20(22-23)16-8-10-18(11-9-16)24(25)26/h2-4,6-11,15,21H,5,12-14H2,1H3. The Morgan fingerprint density at radius 3 is 2.59 bits per heavy atom. The summed E-state index contributed by atoms with van der Waals surface area (Å²) in [4.78, 5) is 10.4. The zero-order chi connectivity index (χ0) is 19.1. The maximum Gasteiger partial charge on any atom is 0.269 e. The molecule has 0 spiro atoms. The van der Waals surface area contributed by atoms with Gasteiger partial charge in [0, 0.05) is 43.0 Å². The summed E-state index contributed by atoms with van der Waals surface area (Å²) in [5, 5.41) is 18.7. The van der Waals surface area contributed by atoms with E-state index < -0.39 is 4.92 Å². The summed E-state index contributed by atoms with van der Waals surface area (Å²) in [6.07, 6.45) is 2.85. The van der Waals surface area contributed by atoms with E-state index in [0.29, 0.717) is 13.2 Å². The van der Waals surface area contributed by atoms with Crippen LogP contribution in [-0.4, -0.2) is 27.9 Å². The molecule has 0 aliphatic rings. The molecular formula is C20H22N4O3. The second-order valence-corrected chi connectivity index (χ2v) is 6.17. The molecule has 2 aromatic carbocycles. The van der Waals surface area contributed by atoms with E-state index in [2.05, 4.69) is 10.4 Å².